The summed E-state index contributed by atoms with van der Waals surface area (Å²) < 4.78 is 21.3. The molecule has 0 aliphatic heterocycles. The summed E-state index contributed by atoms with van der Waals surface area (Å²) in [5.41, 5.74) is 2.36. The zero-order chi connectivity index (χ0) is 18.7. The van der Waals surface area contributed by atoms with Crippen molar-refractivity contribution in [3.8, 4) is 0 Å². The van der Waals surface area contributed by atoms with Crippen molar-refractivity contribution in [3.05, 3.63) is 58.6 Å². The quantitative estimate of drug-likeness (QED) is 0.689. The molecule has 3 rings (SSSR count). The van der Waals surface area contributed by atoms with E-state index >= 15 is 0 Å². The van der Waals surface area contributed by atoms with Gasteiger partial charge < -0.3 is 14.2 Å². The maximum atomic E-state index is 13.5. The predicted octanol–water partition coefficient (Wildman–Crippen LogP) is 3.30. The molecule has 0 saturated carbocycles. The van der Waals surface area contributed by atoms with Crippen LogP contribution in [0.4, 0.5) is 10.1 Å². The molecule has 0 bridgehead atoms. The number of fused-ring (bicyclic) bond motifs is 1. The first-order valence-electron chi connectivity index (χ1n) is 8.14. The molecule has 0 fully saturated rings. The largest absolute Gasteiger partial charge is 0.383 e. The smallest absolute Gasteiger partial charge is 0.279 e. The number of carbonyl (C=O) groups excluding carboxylic acids is 1. The molecule has 0 aliphatic rings. The molecule has 7 heteroatoms. The van der Waals surface area contributed by atoms with Gasteiger partial charge in [-0.15, -0.1) is 0 Å². The zero-order valence-electron chi connectivity index (χ0n) is 14.9. The van der Waals surface area contributed by atoms with Gasteiger partial charge in [0.2, 0.25) is 0 Å². The van der Waals surface area contributed by atoms with Crippen molar-refractivity contribution in [1.29, 1.82) is 0 Å². The molecule has 1 amide bonds. The molecule has 1 aromatic heterocycles. The molecule has 26 heavy (non-hydrogen) atoms. The fourth-order valence-electron chi connectivity index (χ4n) is 2.58. The topological polar surface area (TPSA) is 46.8 Å². The molecule has 0 aliphatic carbocycles. The van der Waals surface area contributed by atoms with Gasteiger partial charge in [-0.2, -0.15) is 4.99 Å². The van der Waals surface area contributed by atoms with Crippen LogP contribution in [-0.4, -0.2) is 38.3 Å². The number of methoxy groups -OCH3 is 1. The SMILES string of the molecule is COCCn1c(=NC(=O)c2ccc(N(C)C)cc2)sc2cc(F)ccc21. The van der Waals surface area contributed by atoms with Crippen LogP contribution in [0.3, 0.4) is 0 Å². The highest BCUT2D eigenvalue weighted by atomic mass is 32.1. The summed E-state index contributed by atoms with van der Waals surface area (Å²) in [5, 5.41) is 0. The van der Waals surface area contributed by atoms with Gasteiger partial charge in [0.25, 0.3) is 5.91 Å². The van der Waals surface area contributed by atoms with Crippen molar-refractivity contribution in [2.24, 2.45) is 4.99 Å². The van der Waals surface area contributed by atoms with Crippen LogP contribution in [0.2, 0.25) is 0 Å². The minimum absolute atomic E-state index is 0.310. The molecule has 3 aromatic rings. The lowest BCUT2D eigenvalue weighted by molar-refractivity contribution is 0.0997. The lowest BCUT2D eigenvalue weighted by Gasteiger charge is -2.11. The van der Waals surface area contributed by atoms with Crippen molar-refractivity contribution in [2.45, 2.75) is 6.54 Å². The number of nitrogens with zero attached hydrogens (tertiary/aromatic N) is 3. The summed E-state index contributed by atoms with van der Waals surface area (Å²) in [5.74, 6) is -0.636. The standard InChI is InChI=1S/C19H20FN3O2S/c1-22(2)15-7-4-13(5-8-15)18(24)21-19-23(10-11-25-3)16-9-6-14(20)12-17(16)26-19/h4-9,12H,10-11H2,1-3H3. The van der Waals surface area contributed by atoms with Gasteiger partial charge in [0.15, 0.2) is 4.80 Å². The first-order valence-corrected chi connectivity index (χ1v) is 8.95. The van der Waals surface area contributed by atoms with E-state index in [0.717, 1.165) is 15.9 Å². The first-order chi connectivity index (χ1) is 12.5. The van der Waals surface area contributed by atoms with Crippen LogP contribution in [0, 0.1) is 5.82 Å². The summed E-state index contributed by atoms with van der Waals surface area (Å²) in [4.78, 5) is 19.3. The Bertz CT molecular complexity index is 990. The van der Waals surface area contributed by atoms with Crippen LogP contribution < -0.4 is 9.70 Å². The number of anilines is 1. The van der Waals surface area contributed by atoms with Gasteiger partial charge in [-0.05, 0) is 42.5 Å². The first kappa shape index (κ1) is 18.3. The molecule has 0 N–H and O–H groups in total. The Hall–Kier alpha value is -2.51. The normalized spacial score (nSPS) is 11.9. The third kappa shape index (κ3) is 3.84. The van der Waals surface area contributed by atoms with E-state index in [2.05, 4.69) is 4.99 Å². The highest BCUT2D eigenvalue weighted by Crippen LogP contribution is 2.19. The summed E-state index contributed by atoms with van der Waals surface area (Å²) >= 11 is 1.29. The van der Waals surface area contributed by atoms with Crippen molar-refractivity contribution >= 4 is 33.1 Å². The molecule has 0 radical (unpaired) electrons. The van der Waals surface area contributed by atoms with E-state index in [4.69, 9.17) is 4.74 Å². The number of halogens is 1. The number of aromatic nitrogens is 1. The average molecular weight is 373 g/mol. The lowest BCUT2D eigenvalue weighted by atomic mass is 10.2. The number of hydrogen-bond donors (Lipinski definition) is 0. The van der Waals surface area contributed by atoms with Gasteiger partial charge in [0.05, 0.1) is 16.8 Å². The molecule has 0 spiro atoms. The minimum atomic E-state index is -0.325. The maximum absolute atomic E-state index is 13.5. The molecule has 5 nitrogen and oxygen atoms in total. The van der Waals surface area contributed by atoms with Gasteiger partial charge >= 0.3 is 0 Å². The van der Waals surface area contributed by atoms with Gasteiger partial charge in [-0.25, -0.2) is 4.39 Å². The summed E-state index contributed by atoms with van der Waals surface area (Å²) in [6.07, 6.45) is 0. The van der Waals surface area contributed by atoms with Crippen LogP contribution in [0.5, 0.6) is 0 Å². The number of ether oxygens (including phenoxy) is 1. The summed E-state index contributed by atoms with van der Waals surface area (Å²) in [6, 6.07) is 11.8. The molecule has 0 atom stereocenters. The van der Waals surface area contributed by atoms with E-state index < -0.39 is 0 Å². The molecule has 2 aromatic carbocycles. The van der Waals surface area contributed by atoms with Crippen LogP contribution >= 0.6 is 11.3 Å². The predicted molar refractivity (Wildman–Crippen MR) is 102 cm³/mol. The number of thiazole rings is 1. The summed E-state index contributed by atoms with van der Waals surface area (Å²) in [7, 11) is 5.50. The highest BCUT2D eigenvalue weighted by Gasteiger charge is 2.10. The van der Waals surface area contributed by atoms with Crippen molar-refractivity contribution in [2.75, 3.05) is 32.7 Å². The van der Waals surface area contributed by atoms with E-state index in [9.17, 15) is 9.18 Å². The third-order valence-electron chi connectivity index (χ3n) is 3.99. The molecule has 0 saturated heterocycles. The zero-order valence-corrected chi connectivity index (χ0v) is 15.7. The van der Waals surface area contributed by atoms with Gasteiger partial charge in [-0.3, -0.25) is 4.79 Å². The lowest BCUT2D eigenvalue weighted by Crippen LogP contribution is -2.19. The average Bonchev–Trinajstić information content (AvgIpc) is 2.95. The monoisotopic (exact) mass is 373 g/mol. The second-order valence-electron chi connectivity index (χ2n) is 6.00. The van der Waals surface area contributed by atoms with Gasteiger partial charge in [0, 0.05) is 39.0 Å². The Morgan fingerprint density at radius 2 is 1.96 bits per heavy atom. The Balaban J connectivity index is 2.03. The second-order valence-corrected chi connectivity index (χ2v) is 7.01. The molecule has 0 unspecified atom stereocenters. The second kappa shape index (κ2) is 7.80. The van der Waals surface area contributed by atoms with E-state index in [1.165, 1.54) is 23.5 Å². The Kier molecular flexibility index (Phi) is 5.49. The number of hydrogen-bond acceptors (Lipinski definition) is 4. The number of benzene rings is 2. The van der Waals surface area contributed by atoms with Gasteiger partial charge in [-0.1, -0.05) is 11.3 Å². The maximum Gasteiger partial charge on any atom is 0.279 e. The van der Waals surface area contributed by atoms with E-state index in [1.54, 1.807) is 25.3 Å². The number of carbonyl (C=O) groups is 1. The highest BCUT2D eigenvalue weighted by molar-refractivity contribution is 7.16. The van der Waals surface area contributed by atoms with Crippen LogP contribution in [-0.2, 0) is 11.3 Å². The van der Waals surface area contributed by atoms with Crippen molar-refractivity contribution < 1.29 is 13.9 Å². The fourth-order valence-corrected chi connectivity index (χ4v) is 3.66. The molecule has 1 heterocycles. The fraction of sp³-hybridized carbons (Fsp3) is 0.263. The number of rotatable bonds is 5. The van der Waals surface area contributed by atoms with Crippen molar-refractivity contribution in [1.82, 2.24) is 4.57 Å². The van der Waals surface area contributed by atoms with E-state index in [-0.39, 0.29) is 11.7 Å². The van der Waals surface area contributed by atoms with Crippen LogP contribution in [0.15, 0.2) is 47.5 Å². The van der Waals surface area contributed by atoms with E-state index in [1.807, 2.05) is 35.7 Å². The summed E-state index contributed by atoms with van der Waals surface area (Å²) in [6.45, 7) is 1.01. The Morgan fingerprint density at radius 3 is 2.62 bits per heavy atom. The van der Waals surface area contributed by atoms with E-state index in [0.29, 0.717) is 23.5 Å². The van der Waals surface area contributed by atoms with Gasteiger partial charge in [0.1, 0.15) is 5.82 Å². The van der Waals surface area contributed by atoms with Crippen molar-refractivity contribution in [3.63, 3.8) is 0 Å². The molecular formula is C19H20FN3O2S. The Labute approximate surface area is 155 Å². The number of amides is 1. The van der Waals surface area contributed by atoms with Crippen LogP contribution in [0.1, 0.15) is 10.4 Å². The Morgan fingerprint density at radius 1 is 1.23 bits per heavy atom. The minimum Gasteiger partial charge on any atom is -0.383 e. The molecular weight excluding hydrogens is 353 g/mol. The molecule has 136 valence electrons. The van der Waals surface area contributed by atoms with Crippen LogP contribution in [0.25, 0.3) is 10.2 Å². The third-order valence-corrected chi connectivity index (χ3v) is 5.03.